The number of methoxy groups -OCH3 is 1. The highest BCUT2D eigenvalue weighted by molar-refractivity contribution is 9.10. The van der Waals surface area contributed by atoms with Crippen molar-refractivity contribution in [1.29, 1.82) is 0 Å². The first-order valence-corrected chi connectivity index (χ1v) is 10.6. The minimum absolute atomic E-state index is 0.149. The van der Waals surface area contributed by atoms with E-state index >= 15 is 0 Å². The highest BCUT2D eigenvalue weighted by atomic mass is 79.9. The largest absolute Gasteiger partial charge is 0.382 e. The normalized spacial score (nSPS) is 15.4. The second kappa shape index (κ2) is 10.5. The van der Waals surface area contributed by atoms with Gasteiger partial charge in [0.05, 0.1) is 12.6 Å². The van der Waals surface area contributed by atoms with Crippen LogP contribution in [0.15, 0.2) is 53.0 Å². The summed E-state index contributed by atoms with van der Waals surface area (Å²) >= 11 is 3.46. The lowest BCUT2D eigenvalue weighted by molar-refractivity contribution is 0.0762. The number of hydrogen-bond acceptors (Lipinski definition) is 3. The topological polar surface area (TPSA) is 61.9 Å². The van der Waals surface area contributed by atoms with Gasteiger partial charge >= 0.3 is 6.03 Å². The van der Waals surface area contributed by atoms with Gasteiger partial charge in [-0.05, 0) is 48.4 Å². The van der Waals surface area contributed by atoms with Gasteiger partial charge in [0, 0.05) is 43.3 Å². The van der Waals surface area contributed by atoms with Crippen LogP contribution in [0.4, 0.5) is 9.18 Å². The Balaban J connectivity index is 1.61. The predicted octanol–water partition coefficient (Wildman–Crippen LogP) is 3.83. The first kappa shape index (κ1) is 22.2. The zero-order valence-electron chi connectivity index (χ0n) is 16.8. The van der Waals surface area contributed by atoms with Gasteiger partial charge in [0.15, 0.2) is 0 Å². The Morgan fingerprint density at radius 1 is 1.10 bits per heavy atom. The molecule has 30 heavy (non-hydrogen) atoms. The van der Waals surface area contributed by atoms with Gasteiger partial charge in [-0.15, -0.1) is 0 Å². The lowest BCUT2D eigenvalue weighted by atomic mass is 10.1. The number of nitrogens with zero attached hydrogens (tertiary/aromatic N) is 2. The van der Waals surface area contributed by atoms with Gasteiger partial charge in [0.25, 0.3) is 5.91 Å². The van der Waals surface area contributed by atoms with Gasteiger partial charge in [-0.25, -0.2) is 9.18 Å². The average molecular weight is 478 g/mol. The molecule has 1 fully saturated rings. The molecule has 0 saturated carbocycles. The molecule has 6 nitrogen and oxygen atoms in total. The molecule has 0 aliphatic carbocycles. The molecule has 1 N–H and O–H groups in total. The van der Waals surface area contributed by atoms with Crippen molar-refractivity contribution in [3.05, 3.63) is 69.9 Å². The van der Waals surface area contributed by atoms with Crippen molar-refractivity contribution in [3.63, 3.8) is 0 Å². The van der Waals surface area contributed by atoms with Crippen LogP contribution in [0.25, 0.3) is 0 Å². The van der Waals surface area contributed by atoms with Gasteiger partial charge in [-0.1, -0.05) is 28.1 Å². The number of benzene rings is 2. The molecule has 1 atom stereocenters. The number of amides is 3. The Bertz CT molecular complexity index is 878. The van der Waals surface area contributed by atoms with Crippen LogP contribution in [0.3, 0.4) is 0 Å². The smallest absolute Gasteiger partial charge is 0.318 e. The lowest BCUT2D eigenvalue weighted by Crippen LogP contribution is -2.44. The molecule has 3 rings (SSSR count). The maximum absolute atomic E-state index is 13.1. The molecule has 2 aromatic carbocycles. The number of urea groups is 1. The van der Waals surface area contributed by atoms with Crippen LogP contribution in [0.2, 0.25) is 0 Å². The highest BCUT2D eigenvalue weighted by Crippen LogP contribution is 2.19. The summed E-state index contributed by atoms with van der Waals surface area (Å²) in [5.74, 6) is -0.523. The van der Waals surface area contributed by atoms with Gasteiger partial charge < -0.3 is 19.9 Å². The van der Waals surface area contributed by atoms with Crippen molar-refractivity contribution in [2.45, 2.75) is 12.5 Å². The first-order valence-electron chi connectivity index (χ1n) is 9.82. The van der Waals surface area contributed by atoms with Crippen molar-refractivity contribution in [2.24, 2.45) is 0 Å². The molecule has 0 spiro atoms. The summed E-state index contributed by atoms with van der Waals surface area (Å²) in [6.45, 7) is 2.31. The van der Waals surface area contributed by atoms with E-state index in [1.165, 1.54) is 24.3 Å². The van der Waals surface area contributed by atoms with E-state index in [2.05, 4.69) is 21.2 Å². The molecule has 1 aliphatic rings. The summed E-state index contributed by atoms with van der Waals surface area (Å²) in [4.78, 5) is 29.0. The third kappa shape index (κ3) is 5.79. The molecule has 1 heterocycles. The molecule has 1 unspecified atom stereocenters. The maximum Gasteiger partial charge on any atom is 0.318 e. The summed E-state index contributed by atoms with van der Waals surface area (Å²) in [6, 6.07) is 12.8. The van der Waals surface area contributed by atoms with E-state index in [9.17, 15) is 14.0 Å². The molecule has 1 aliphatic heterocycles. The van der Waals surface area contributed by atoms with Crippen LogP contribution >= 0.6 is 15.9 Å². The van der Waals surface area contributed by atoms with Crippen LogP contribution in [0.1, 0.15) is 28.4 Å². The first-order chi connectivity index (χ1) is 14.5. The van der Waals surface area contributed by atoms with Crippen molar-refractivity contribution in [2.75, 3.05) is 39.9 Å². The van der Waals surface area contributed by atoms with Crippen LogP contribution in [-0.4, -0.2) is 61.6 Å². The second-order valence-corrected chi connectivity index (χ2v) is 8.07. The molecule has 8 heteroatoms. The van der Waals surface area contributed by atoms with Gasteiger partial charge in [-0.2, -0.15) is 0 Å². The number of nitrogens with one attached hydrogen (secondary N) is 1. The van der Waals surface area contributed by atoms with E-state index in [0.29, 0.717) is 44.8 Å². The molecular formula is C22H25BrFN3O3. The Hall–Kier alpha value is -2.45. The van der Waals surface area contributed by atoms with E-state index in [1.807, 2.05) is 24.3 Å². The summed E-state index contributed by atoms with van der Waals surface area (Å²) in [5, 5.41) is 3.04. The van der Waals surface area contributed by atoms with Crippen LogP contribution in [0, 0.1) is 5.82 Å². The SMILES string of the molecule is COCC(NC(=O)N1CCCN(C(=O)c2ccc(F)cc2)CC1)c1cccc(Br)c1. The zero-order chi connectivity index (χ0) is 21.5. The third-order valence-electron chi connectivity index (χ3n) is 5.04. The summed E-state index contributed by atoms with van der Waals surface area (Å²) in [7, 11) is 1.60. The zero-order valence-corrected chi connectivity index (χ0v) is 18.4. The van der Waals surface area contributed by atoms with E-state index in [4.69, 9.17) is 4.74 Å². The molecule has 3 amide bonds. The Kier molecular flexibility index (Phi) is 7.81. The standard InChI is InChI=1S/C22H25BrFN3O3/c1-30-15-20(17-4-2-5-18(23)14-17)25-22(29)27-11-3-10-26(12-13-27)21(28)16-6-8-19(24)9-7-16/h2,4-9,14,20H,3,10-13,15H2,1H3,(H,25,29). The van der Waals surface area contributed by atoms with E-state index < -0.39 is 0 Å². The van der Waals surface area contributed by atoms with Gasteiger partial charge in [-0.3, -0.25) is 4.79 Å². The number of halogens is 2. The predicted molar refractivity (Wildman–Crippen MR) is 116 cm³/mol. The summed E-state index contributed by atoms with van der Waals surface area (Å²) in [6.07, 6.45) is 0.673. The van der Waals surface area contributed by atoms with E-state index in [-0.39, 0.29) is 23.8 Å². The lowest BCUT2D eigenvalue weighted by Gasteiger charge is -2.26. The van der Waals surface area contributed by atoms with Crippen LogP contribution in [0.5, 0.6) is 0 Å². The van der Waals surface area contributed by atoms with E-state index in [0.717, 1.165) is 10.0 Å². The van der Waals surface area contributed by atoms with Crippen LogP contribution < -0.4 is 5.32 Å². The summed E-state index contributed by atoms with van der Waals surface area (Å²) < 4.78 is 19.3. The van der Waals surface area contributed by atoms with Crippen molar-refractivity contribution >= 4 is 27.9 Å². The van der Waals surface area contributed by atoms with Crippen molar-refractivity contribution < 1.29 is 18.7 Å². The molecule has 0 bridgehead atoms. The molecule has 0 aromatic heterocycles. The monoisotopic (exact) mass is 477 g/mol. The molecular weight excluding hydrogens is 453 g/mol. The van der Waals surface area contributed by atoms with Crippen molar-refractivity contribution in [1.82, 2.24) is 15.1 Å². The fourth-order valence-electron chi connectivity index (χ4n) is 3.45. The summed E-state index contributed by atoms with van der Waals surface area (Å²) in [5.41, 5.74) is 1.40. The maximum atomic E-state index is 13.1. The number of ether oxygens (including phenoxy) is 1. The van der Waals surface area contributed by atoms with Gasteiger partial charge in [0.1, 0.15) is 5.82 Å². The molecule has 2 aromatic rings. The fraction of sp³-hybridized carbons (Fsp3) is 0.364. The number of rotatable bonds is 5. The number of hydrogen-bond donors (Lipinski definition) is 1. The Labute approximate surface area is 184 Å². The van der Waals surface area contributed by atoms with Gasteiger partial charge in [0.2, 0.25) is 0 Å². The molecule has 0 radical (unpaired) electrons. The second-order valence-electron chi connectivity index (χ2n) is 7.15. The van der Waals surface area contributed by atoms with Crippen molar-refractivity contribution in [3.8, 4) is 0 Å². The Morgan fingerprint density at radius 2 is 1.80 bits per heavy atom. The number of carbonyl (C=O) groups excluding carboxylic acids is 2. The minimum Gasteiger partial charge on any atom is -0.382 e. The Morgan fingerprint density at radius 3 is 2.50 bits per heavy atom. The number of carbonyl (C=O) groups is 2. The molecule has 1 saturated heterocycles. The van der Waals surface area contributed by atoms with Crippen LogP contribution in [-0.2, 0) is 4.74 Å². The molecule has 160 valence electrons. The van der Waals surface area contributed by atoms with E-state index in [1.54, 1.807) is 16.9 Å². The fourth-order valence-corrected chi connectivity index (χ4v) is 3.87. The quantitative estimate of drug-likeness (QED) is 0.711. The average Bonchev–Trinajstić information content (AvgIpc) is 3.00. The minimum atomic E-state index is -0.374. The highest BCUT2D eigenvalue weighted by Gasteiger charge is 2.24. The third-order valence-corrected chi connectivity index (χ3v) is 5.54.